The van der Waals surface area contributed by atoms with E-state index in [4.69, 9.17) is 0 Å². The highest BCUT2D eigenvalue weighted by atomic mass is 16.2. The molecule has 0 aliphatic carbocycles. The molecule has 1 aromatic carbocycles. The molecule has 2 fully saturated rings. The van der Waals surface area contributed by atoms with Crippen LogP contribution in [0.25, 0.3) is 0 Å². The molecule has 2 aromatic rings. The Morgan fingerprint density at radius 1 is 1.19 bits per heavy atom. The van der Waals surface area contributed by atoms with Gasteiger partial charge in [0.1, 0.15) is 6.04 Å². The van der Waals surface area contributed by atoms with Crippen LogP contribution in [0.15, 0.2) is 54.7 Å². The Balaban J connectivity index is 1.32. The van der Waals surface area contributed by atoms with Crippen molar-refractivity contribution < 1.29 is 9.59 Å². The Bertz CT molecular complexity index is 876. The van der Waals surface area contributed by atoms with Crippen molar-refractivity contribution in [2.45, 2.75) is 50.5 Å². The number of fused-ring (bicyclic) bond motifs is 1. The fraction of sp³-hybridized carbons (Fsp3) is 0.458. The number of benzene rings is 1. The summed E-state index contributed by atoms with van der Waals surface area (Å²) in [6.45, 7) is 2.67. The highest BCUT2D eigenvalue weighted by molar-refractivity contribution is 5.83. The van der Waals surface area contributed by atoms with E-state index in [1.807, 2.05) is 48.5 Å². The number of nitrogens with one attached hydrogen (secondary N) is 2. The minimum atomic E-state index is -0.177. The molecule has 2 amide bonds. The molecule has 3 unspecified atom stereocenters. The van der Waals surface area contributed by atoms with Crippen molar-refractivity contribution in [3.05, 3.63) is 66.0 Å². The number of likely N-dealkylation sites (tertiary alicyclic amines) is 1. The van der Waals surface area contributed by atoms with Crippen molar-refractivity contribution in [3.63, 3.8) is 0 Å². The lowest BCUT2D eigenvalue weighted by atomic mass is 10.0. The molecular weight excluding hydrogens is 390 g/mol. The Hall–Kier alpha value is -2.77. The van der Waals surface area contributed by atoms with Gasteiger partial charge in [-0.25, -0.2) is 0 Å². The number of amides is 2. The van der Waals surface area contributed by atoms with Crippen LogP contribution in [0.2, 0.25) is 0 Å². The largest absolute Gasteiger partial charge is 0.353 e. The minimum Gasteiger partial charge on any atom is -0.353 e. The van der Waals surface area contributed by atoms with E-state index in [-0.39, 0.29) is 29.9 Å². The van der Waals surface area contributed by atoms with Crippen LogP contribution in [0.5, 0.6) is 0 Å². The van der Waals surface area contributed by atoms with Crippen molar-refractivity contribution in [3.8, 4) is 0 Å². The molecule has 31 heavy (non-hydrogen) atoms. The standard InChI is InChI=1S/C24H31N5O2/c1-28-20(10-11-22(30)26-15-18-7-3-2-4-8-18)16-27-24(31)23-21(28)12-14-29(23)17-19-9-5-6-13-25-19/h2-9,13,20-21,23H,10-12,14-17H2,1H3,(H,26,30)(H,27,31). The lowest BCUT2D eigenvalue weighted by Gasteiger charge is -2.33. The molecule has 1 aromatic heterocycles. The van der Waals surface area contributed by atoms with Gasteiger partial charge in [-0.05, 0) is 37.6 Å². The van der Waals surface area contributed by atoms with Crippen LogP contribution in [-0.2, 0) is 22.7 Å². The van der Waals surface area contributed by atoms with E-state index in [0.29, 0.717) is 26.1 Å². The van der Waals surface area contributed by atoms with Gasteiger partial charge in [-0.15, -0.1) is 0 Å². The molecule has 0 spiro atoms. The van der Waals surface area contributed by atoms with Gasteiger partial charge in [0.2, 0.25) is 11.8 Å². The van der Waals surface area contributed by atoms with Crippen LogP contribution in [0, 0.1) is 0 Å². The van der Waals surface area contributed by atoms with Crippen LogP contribution < -0.4 is 10.6 Å². The van der Waals surface area contributed by atoms with Gasteiger partial charge in [0.05, 0.1) is 5.69 Å². The second kappa shape index (κ2) is 10.0. The zero-order valence-electron chi connectivity index (χ0n) is 18.0. The van der Waals surface area contributed by atoms with Crippen LogP contribution in [0.4, 0.5) is 0 Å². The smallest absolute Gasteiger partial charge is 0.239 e. The third-order valence-corrected chi connectivity index (χ3v) is 6.48. The maximum atomic E-state index is 12.9. The Kier molecular flexibility index (Phi) is 6.94. The number of rotatable bonds is 7. The van der Waals surface area contributed by atoms with Crippen molar-refractivity contribution in [2.24, 2.45) is 0 Å². The van der Waals surface area contributed by atoms with Crippen molar-refractivity contribution >= 4 is 11.8 Å². The molecule has 7 nitrogen and oxygen atoms in total. The van der Waals surface area contributed by atoms with Gasteiger partial charge in [-0.3, -0.25) is 24.4 Å². The maximum absolute atomic E-state index is 12.9. The first kappa shape index (κ1) is 21.5. The summed E-state index contributed by atoms with van der Waals surface area (Å²) in [7, 11) is 2.09. The Morgan fingerprint density at radius 3 is 2.77 bits per heavy atom. The minimum absolute atomic E-state index is 0.0487. The number of aromatic nitrogens is 1. The van der Waals surface area contributed by atoms with Gasteiger partial charge in [0, 0.05) is 50.9 Å². The SMILES string of the molecule is CN1C(CCC(=O)NCc2ccccc2)CNC(=O)C2C1CCN2Cc1ccccn1. The molecule has 7 heteroatoms. The molecule has 3 atom stereocenters. The Labute approximate surface area is 183 Å². The molecule has 164 valence electrons. The number of carbonyl (C=O) groups is 2. The summed E-state index contributed by atoms with van der Waals surface area (Å²) < 4.78 is 0. The first-order valence-corrected chi connectivity index (χ1v) is 11.1. The number of hydrogen-bond donors (Lipinski definition) is 2. The highest BCUT2D eigenvalue weighted by Crippen LogP contribution is 2.28. The summed E-state index contributed by atoms with van der Waals surface area (Å²) in [5.41, 5.74) is 2.07. The molecule has 0 radical (unpaired) electrons. The lowest BCUT2D eigenvalue weighted by Crippen LogP contribution is -2.49. The summed E-state index contributed by atoms with van der Waals surface area (Å²) >= 11 is 0. The third kappa shape index (κ3) is 5.29. The summed E-state index contributed by atoms with van der Waals surface area (Å²) in [6.07, 6.45) is 3.91. The number of likely N-dealkylation sites (N-methyl/N-ethyl adjacent to an activating group) is 1. The molecule has 3 heterocycles. The van der Waals surface area contributed by atoms with Crippen LogP contribution in [-0.4, -0.2) is 64.9 Å². The average Bonchev–Trinajstić information content (AvgIpc) is 3.17. The van der Waals surface area contributed by atoms with E-state index in [0.717, 1.165) is 30.6 Å². The average molecular weight is 422 g/mol. The first-order chi connectivity index (χ1) is 15.1. The molecule has 2 saturated heterocycles. The summed E-state index contributed by atoms with van der Waals surface area (Å²) in [5, 5.41) is 6.12. The second-order valence-corrected chi connectivity index (χ2v) is 8.46. The van der Waals surface area contributed by atoms with E-state index in [1.165, 1.54) is 0 Å². The van der Waals surface area contributed by atoms with Gasteiger partial charge in [-0.2, -0.15) is 0 Å². The Morgan fingerprint density at radius 2 is 2.00 bits per heavy atom. The van der Waals surface area contributed by atoms with Crippen LogP contribution in [0.1, 0.15) is 30.5 Å². The van der Waals surface area contributed by atoms with Crippen LogP contribution >= 0.6 is 0 Å². The molecule has 2 N–H and O–H groups in total. The topological polar surface area (TPSA) is 77.6 Å². The predicted molar refractivity (Wildman–Crippen MR) is 119 cm³/mol. The maximum Gasteiger partial charge on any atom is 0.239 e. The summed E-state index contributed by atoms with van der Waals surface area (Å²) in [6, 6.07) is 15.9. The molecule has 2 aliphatic rings. The van der Waals surface area contributed by atoms with Gasteiger partial charge in [0.25, 0.3) is 0 Å². The lowest BCUT2D eigenvalue weighted by molar-refractivity contribution is -0.126. The molecule has 0 saturated carbocycles. The molecule has 4 rings (SSSR count). The molecular formula is C24H31N5O2. The van der Waals surface area contributed by atoms with E-state index < -0.39 is 0 Å². The predicted octanol–water partition coefficient (Wildman–Crippen LogP) is 1.55. The fourth-order valence-electron chi connectivity index (χ4n) is 4.71. The van der Waals surface area contributed by atoms with Gasteiger partial charge in [0.15, 0.2) is 0 Å². The van der Waals surface area contributed by atoms with Crippen molar-refractivity contribution in [2.75, 3.05) is 20.1 Å². The van der Waals surface area contributed by atoms with Crippen LogP contribution in [0.3, 0.4) is 0 Å². The van der Waals surface area contributed by atoms with E-state index in [1.54, 1.807) is 6.20 Å². The van der Waals surface area contributed by atoms with E-state index in [9.17, 15) is 9.59 Å². The highest BCUT2D eigenvalue weighted by Gasteiger charge is 2.44. The number of nitrogens with zero attached hydrogens (tertiary/aromatic N) is 3. The zero-order valence-corrected chi connectivity index (χ0v) is 18.0. The quantitative estimate of drug-likeness (QED) is 0.709. The van der Waals surface area contributed by atoms with Crippen molar-refractivity contribution in [1.82, 2.24) is 25.4 Å². The molecule has 0 bridgehead atoms. The van der Waals surface area contributed by atoms with Gasteiger partial charge >= 0.3 is 0 Å². The monoisotopic (exact) mass is 421 g/mol. The zero-order chi connectivity index (χ0) is 21.6. The number of pyridine rings is 1. The number of carbonyl (C=O) groups excluding carboxylic acids is 2. The second-order valence-electron chi connectivity index (χ2n) is 8.46. The van der Waals surface area contributed by atoms with Gasteiger partial charge in [-0.1, -0.05) is 36.4 Å². The van der Waals surface area contributed by atoms with E-state index >= 15 is 0 Å². The first-order valence-electron chi connectivity index (χ1n) is 11.1. The summed E-state index contributed by atoms with van der Waals surface area (Å²) in [4.78, 5) is 34.2. The summed E-state index contributed by atoms with van der Waals surface area (Å²) in [5.74, 6) is 0.133. The number of hydrogen-bond acceptors (Lipinski definition) is 5. The molecule has 2 aliphatic heterocycles. The van der Waals surface area contributed by atoms with Gasteiger partial charge < -0.3 is 10.6 Å². The van der Waals surface area contributed by atoms with Crippen molar-refractivity contribution in [1.29, 1.82) is 0 Å². The normalized spacial score (nSPS) is 24.3. The third-order valence-electron chi connectivity index (χ3n) is 6.48. The fourth-order valence-corrected chi connectivity index (χ4v) is 4.71. The van der Waals surface area contributed by atoms with E-state index in [2.05, 4.69) is 32.5 Å².